The van der Waals surface area contributed by atoms with Crippen LogP contribution in [0.3, 0.4) is 0 Å². The van der Waals surface area contributed by atoms with Crippen molar-refractivity contribution in [1.29, 1.82) is 0 Å². The Morgan fingerprint density at radius 2 is 2.10 bits per heavy atom. The zero-order chi connectivity index (χ0) is 14.5. The second-order valence-electron chi connectivity index (χ2n) is 5.44. The highest BCUT2D eigenvalue weighted by atomic mass is 16.5. The van der Waals surface area contributed by atoms with Gasteiger partial charge in [0.05, 0.1) is 13.2 Å². The standard InChI is InChI=1S/C16H24N2O2/c1-12-10-14(6-7-15(12)20-3)11-17-13(2)16(19)18-8-4-5-9-18/h6-7,10,13,17H,4-5,8-9,11H2,1-3H3. The number of amides is 1. The molecule has 1 aromatic carbocycles. The van der Waals surface area contributed by atoms with Gasteiger partial charge >= 0.3 is 0 Å². The van der Waals surface area contributed by atoms with Gasteiger partial charge < -0.3 is 15.0 Å². The maximum Gasteiger partial charge on any atom is 0.239 e. The Morgan fingerprint density at radius 3 is 2.70 bits per heavy atom. The van der Waals surface area contributed by atoms with Crippen LogP contribution in [-0.4, -0.2) is 37.0 Å². The first kappa shape index (κ1) is 14.9. The van der Waals surface area contributed by atoms with Crippen LogP contribution in [0.5, 0.6) is 5.75 Å². The van der Waals surface area contributed by atoms with Crippen molar-refractivity contribution < 1.29 is 9.53 Å². The number of benzene rings is 1. The lowest BCUT2D eigenvalue weighted by molar-refractivity contribution is -0.131. The molecule has 1 heterocycles. The third-order valence-corrected chi connectivity index (χ3v) is 3.86. The highest BCUT2D eigenvalue weighted by Crippen LogP contribution is 2.18. The topological polar surface area (TPSA) is 41.6 Å². The summed E-state index contributed by atoms with van der Waals surface area (Å²) in [6.45, 7) is 6.49. The van der Waals surface area contributed by atoms with E-state index in [-0.39, 0.29) is 11.9 Å². The Balaban J connectivity index is 1.87. The van der Waals surface area contributed by atoms with E-state index >= 15 is 0 Å². The molecule has 1 aliphatic heterocycles. The molecule has 1 saturated heterocycles. The van der Waals surface area contributed by atoms with Gasteiger partial charge in [0.1, 0.15) is 5.75 Å². The van der Waals surface area contributed by atoms with E-state index in [1.807, 2.05) is 30.9 Å². The van der Waals surface area contributed by atoms with E-state index in [1.54, 1.807) is 7.11 Å². The van der Waals surface area contributed by atoms with E-state index in [0.29, 0.717) is 6.54 Å². The van der Waals surface area contributed by atoms with Crippen molar-refractivity contribution >= 4 is 5.91 Å². The molecule has 1 atom stereocenters. The molecule has 0 radical (unpaired) electrons. The van der Waals surface area contributed by atoms with Gasteiger partial charge in [0.15, 0.2) is 0 Å². The van der Waals surface area contributed by atoms with Gasteiger partial charge in [-0.15, -0.1) is 0 Å². The number of likely N-dealkylation sites (tertiary alicyclic amines) is 1. The zero-order valence-electron chi connectivity index (χ0n) is 12.6. The molecule has 0 saturated carbocycles. The van der Waals surface area contributed by atoms with Gasteiger partial charge in [-0.05, 0) is 43.9 Å². The molecule has 1 amide bonds. The molecule has 1 N–H and O–H groups in total. The number of methoxy groups -OCH3 is 1. The lowest BCUT2D eigenvalue weighted by Crippen LogP contribution is -2.43. The minimum absolute atomic E-state index is 0.129. The molecular weight excluding hydrogens is 252 g/mol. The number of nitrogens with zero attached hydrogens (tertiary/aromatic N) is 1. The summed E-state index contributed by atoms with van der Waals surface area (Å²) >= 11 is 0. The van der Waals surface area contributed by atoms with E-state index < -0.39 is 0 Å². The molecule has 20 heavy (non-hydrogen) atoms. The normalized spacial score (nSPS) is 16.2. The average molecular weight is 276 g/mol. The first-order valence-corrected chi connectivity index (χ1v) is 7.27. The second kappa shape index (κ2) is 6.75. The summed E-state index contributed by atoms with van der Waals surface area (Å²) in [7, 11) is 1.68. The quantitative estimate of drug-likeness (QED) is 0.895. The molecule has 4 heteroatoms. The summed E-state index contributed by atoms with van der Waals surface area (Å²) < 4.78 is 5.25. The van der Waals surface area contributed by atoms with E-state index in [0.717, 1.165) is 37.2 Å². The van der Waals surface area contributed by atoms with E-state index in [2.05, 4.69) is 11.4 Å². The molecule has 1 aromatic rings. The molecule has 110 valence electrons. The van der Waals surface area contributed by atoms with Crippen LogP contribution in [0.4, 0.5) is 0 Å². The predicted octanol–water partition coefficient (Wildman–Crippen LogP) is 2.10. The lowest BCUT2D eigenvalue weighted by atomic mass is 10.1. The molecule has 2 rings (SSSR count). The fourth-order valence-corrected chi connectivity index (χ4v) is 2.62. The summed E-state index contributed by atoms with van der Waals surface area (Å²) in [5, 5.41) is 3.31. The number of nitrogens with one attached hydrogen (secondary N) is 1. The Hall–Kier alpha value is -1.55. The minimum Gasteiger partial charge on any atom is -0.496 e. The molecule has 0 bridgehead atoms. The number of aryl methyl sites for hydroxylation is 1. The van der Waals surface area contributed by atoms with E-state index in [4.69, 9.17) is 4.74 Å². The summed E-state index contributed by atoms with van der Waals surface area (Å²) in [5.74, 6) is 1.11. The van der Waals surface area contributed by atoms with Crippen LogP contribution in [0.25, 0.3) is 0 Å². The van der Waals surface area contributed by atoms with Gasteiger partial charge in [-0.2, -0.15) is 0 Å². The van der Waals surface area contributed by atoms with Crippen LogP contribution >= 0.6 is 0 Å². The van der Waals surface area contributed by atoms with Crippen LogP contribution in [0.2, 0.25) is 0 Å². The molecule has 0 aliphatic carbocycles. The van der Waals surface area contributed by atoms with E-state index in [9.17, 15) is 4.79 Å². The molecular formula is C16H24N2O2. The molecule has 1 fully saturated rings. The van der Waals surface area contributed by atoms with Crippen LogP contribution < -0.4 is 10.1 Å². The summed E-state index contributed by atoms with van der Waals surface area (Å²) in [6.07, 6.45) is 2.27. The Kier molecular flexibility index (Phi) is 5.01. The lowest BCUT2D eigenvalue weighted by Gasteiger charge is -2.21. The van der Waals surface area contributed by atoms with Crippen LogP contribution in [0.1, 0.15) is 30.9 Å². The number of rotatable bonds is 5. The first-order chi connectivity index (χ1) is 9.61. The van der Waals surface area contributed by atoms with Gasteiger partial charge in [0.2, 0.25) is 5.91 Å². The molecule has 0 spiro atoms. The smallest absolute Gasteiger partial charge is 0.239 e. The van der Waals surface area contributed by atoms with Crippen molar-refractivity contribution in [2.75, 3.05) is 20.2 Å². The predicted molar refractivity (Wildman–Crippen MR) is 79.8 cm³/mol. The maximum absolute atomic E-state index is 12.2. The van der Waals surface area contributed by atoms with Crippen molar-refractivity contribution in [1.82, 2.24) is 10.2 Å². The minimum atomic E-state index is -0.129. The fourth-order valence-electron chi connectivity index (χ4n) is 2.62. The number of carbonyl (C=O) groups excluding carboxylic acids is 1. The van der Waals surface area contributed by atoms with Gasteiger partial charge in [-0.25, -0.2) is 0 Å². The Bertz CT molecular complexity index is 468. The monoisotopic (exact) mass is 276 g/mol. The Morgan fingerprint density at radius 1 is 1.40 bits per heavy atom. The van der Waals surface area contributed by atoms with Gasteiger partial charge in [0, 0.05) is 19.6 Å². The zero-order valence-corrected chi connectivity index (χ0v) is 12.6. The van der Waals surface area contributed by atoms with Crippen LogP contribution in [-0.2, 0) is 11.3 Å². The number of ether oxygens (including phenoxy) is 1. The summed E-state index contributed by atoms with van der Waals surface area (Å²) in [6, 6.07) is 5.97. The second-order valence-corrected chi connectivity index (χ2v) is 5.44. The number of carbonyl (C=O) groups is 1. The van der Waals surface area contributed by atoms with Crippen LogP contribution in [0.15, 0.2) is 18.2 Å². The van der Waals surface area contributed by atoms with Crippen molar-refractivity contribution in [3.8, 4) is 5.75 Å². The van der Waals surface area contributed by atoms with E-state index in [1.165, 1.54) is 5.56 Å². The van der Waals surface area contributed by atoms with Crippen LogP contribution in [0, 0.1) is 6.92 Å². The van der Waals surface area contributed by atoms with Crippen molar-refractivity contribution in [2.24, 2.45) is 0 Å². The number of hydrogen-bond acceptors (Lipinski definition) is 3. The number of hydrogen-bond donors (Lipinski definition) is 1. The third-order valence-electron chi connectivity index (χ3n) is 3.86. The molecule has 1 aliphatic rings. The summed E-state index contributed by atoms with van der Waals surface area (Å²) in [5.41, 5.74) is 2.29. The Labute approximate surface area is 121 Å². The largest absolute Gasteiger partial charge is 0.496 e. The van der Waals surface area contributed by atoms with Gasteiger partial charge in [-0.1, -0.05) is 12.1 Å². The first-order valence-electron chi connectivity index (χ1n) is 7.27. The highest BCUT2D eigenvalue weighted by Gasteiger charge is 2.22. The summed E-state index contributed by atoms with van der Waals surface area (Å²) in [4.78, 5) is 14.1. The molecule has 1 unspecified atom stereocenters. The third kappa shape index (κ3) is 3.51. The maximum atomic E-state index is 12.2. The molecule has 4 nitrogen and oxygen atoms in total. The van der Waals surface area contributed by atoms with Crippen molar-refractivity contribution in [2.45, 2.75) is 39.3 Å². The van der Waals surface area contributed by atoms with Gasteiger partial charge in [0.25, 0.3) is 0 Å². The fraction of sp³-hybridized carbons (Fsp3) is 0.562. The van der Waals surface area contributed by atoms with Crippen molar-refractivity contribution in [3.63, 3.8) is 0 Å². The van der Waals surface area contributed by atoms with Gasteiger partial charge in [-0.3, -0.25) is 4.79 Å². The highest BCUT2D eigenvalue weighted by molar-refractivity contribution is 5.81. The molecule has 0 aromatic heterocycles. The average Bonchev–Trinajstić information content (AvgIpc) is 2.98. The SMILES string of the molecule is COc1ccc(CNC(C)C(=O)N2CCCC2)cc1C. The van der Waals surface area contributed by atoms with Crippen molar-refractivity contribution in [3.05, 3.63) is 29.3 Å².